The van der Waals surface area contributed by atoms with Gasteiger partial charge in [-0.1, -0.05) is 41.4 Å². The molecule has 2 amide bonds. The standard InChI is InChI=1S/C24H20Cl2N4O3/c25-20-6-5-18(12-21(20)26)28-24(32)16(13-27)11-17-14-30(22-4-2-1-3-19(17)22)15-23(31)29-7-9-33-10-8-29/h1-6,11-12,14H,7-10,15H2,(H,28,32)/b16-11-. The quantitative estimate of drug-likeness (QED) is 0.432. The highest BCUT2D eigenvalue weighted by Gasteiger charge is 2.19. The highest BCUT2D eigenvalue weighted by atomic mass is 35.5. The molecule has 1 N–H and O–H groups in total. The molecule has 1 fully saturated rings. The Morgan fingerprint density at radius 3 is 2.61 bits per heavy atom. The van der Waals surface area contributed by atoms with Crippen LogP contribution in [0.3, 0.4) is 0 Å². The summed E-state index contributed by atoms with van der Waals surface area (Å²) in [5.41, 5.74) is 1.85. The molecule has 0 spiro atoms. The number of carbonyl (C=O) groups excluding carboxylic acids is 2. The molecular formula is C24H20Cl2N4O3. The van der Waals surface area contributed by atoms with E-state index >= 15 is 0 Å². The number of rotatable bonds is 5. The van der Waals surface area contributed by atoms with Crippen LogP contribution >= 0.6 is 23.2 Å². The summed E-state index contributed by atoms with van der Waals surface area (Å²) in [6.45, 7) is 2.36. The van der Waals surface area contributed by atoms with E-state index in [0.717, 1.165) is 10.9 Å². The Kier molecular flexibility index (Phi) is 6.99. The number of nitrogens with zero attached hydrogens (tertiary/aromatic N) is 3. The van der Waals surface area contributed by atoms with Crippen LogP contribution in [0.1, 0.15) is 5.56 Å². The Bertz CT molecular complexity index is 1290. The lowest BCUT2D eigenvalue weighted by Crippen LogP contribution is -2.42. The van der Waals surface area contributed by atoms with Gasteiger partial charge in [0.25, 0.3) is 5.91 Å². The number of para-hydroxylation sites is 1. The van der Waals surface area contributed by atoms with E-state index in [1.54, 1.807) is 23.2 Å². The SMILES string of the molecule is N#C/C(=C/c1cn(CC(=O)N2CCOCC2)c2ccccc12)C(=O)Nc1ccc(Cl)c(Cl)c1. The van der Waals surface area contributed by atoms with Crippen LogP contribution in [-0.2, 0) is 20.9 Å². The predicted molar refractivity (Wildman–Crippen MR) is 128 cm³/mol. The summed E-state index contributed by atoms with van der Waals surface area (Å²) in [6, 6.07) is 14.2. The fraction of sp³-hybridized carbons (Fsp3) is 0.208. The van der Waals surface area contributed by atoms with Crippen molar-refractivity contribution in [1.82, 2.24) is 9.47 Å². The fourth-order valence-electron chi connectivity index (χ4n) is 3.66. The number of ether oxygens (including phenoxy) is 1. The lowest BCUT2D eigenvalue weighted by atomic mass is 10.1. The summed E-state index contributed by atoms with van der Waals surface area (Å²) in [4.78, 5) is 27.3. The lowest BCUT2D eigenvalue weighted by molar-refractivity contribution is -0.135. The molecule has 1 saturated heterocycles. The maximum atomic E-state index is 12.8. The zero-order valence-electron chi connectivity index (χ0n) is 17.6. The van der Waals surface area contributed by atoms with E-state index < -0.39 is 5.91 Å². The second-order valence-corrected chi connectivity index (χ2v) is 8.29. The molecule has 3 aromatic rings. The lowest BCUT2D eigenvalue weighted by Gasteiger charge is -2.27. The molecule has 1 aromatic heterocycles. The summed E-state index contributed by atoms with van der Waals surface area (Å²) >= 11 is 11.9. The number of benzene rings is 2. The second-order valence-electron chi connectivity index (χ2n) is 7.48. The first kappa shape index (κ1) is 22.9. The number of nitriles is 1. The number of anilines is 1. The van der Waals surface area contributed by atoms with Crippen LogP contribution in [0.5, 0.6) is 0 Å². The minimum Gasteiger partial charge on any atom is -0.378 e. The molecule has 7 nitrogen and oxygen atoms in total. The molecular weight excluding hydrogens is 463 g/mol. The maximum Gasteiger partial charge on any atom is 0.266 e. The molecule has 0 saturated carbocycles. The van der Waals surface area contributed by atoms with E-state index in [4.69, 9.17) is 27.9 Å². The molecule has 4 rings (SSSR count). The molecule has 1 aliphatic rings. The first-order valence-electron chi connectivity index (χ1n) is 10.3. The third-order valence-electron chi connectivity index (χ3n) is 5.33. The zero-order chi connectivity index (χ0) is 23.4. The van der Waals surface area contributed by atoms with Gasteiger partial charge in [-0.15, -0.1) is 0 Å². The van der Waals surface area contributed by atoms with Gasteiger partial charge in [-0.25, -0.2) is 0 Å². The second kappa shape index (κ2) is 10.1. The van der Waals surface area contributed by atoms with Crippen molar-refractivity contribution in [2.75, 3.05) is 31.6 Å². The topological polar surface area (TPSA) is 87.4 Å². The van der Waals surface area contributed by atoms with Gasteiger partial charge in [0.15, 0.2) is 0 Å². The molecule has 0 aliphatic carbocycles. The summed E-state index contributed by atoms with van der Waals surface area (Å²) < 4.78 is 7.16. The van der Waals surface area contributed by atoms with E-state index in [1.165, 1.54) is 12.1 Å². The largest absolute Gasteiger partial charge is 0.378 e. The maximum absolute atomic E-state index is 12.8. The van der Waals surface area contributed by atoms with E-state index in [-0.39, 0.29) is 18.0 Å². The van der Waals surface area contributed by atoms with Gasteiger partial charge in [0, 0.05) is 41.4 Å². The van der Waals surface area contributed by atoms with Gasteiger partial charge in [0.2, 0.25) is 5.91 Å². The molecule has 1 aliphatic heterocycles. The fourth-order valence-corrected chi connectivity index (χ4v) is 3.95. The molecule has 33 heavy (non-hydrogen) atoms. The molecule has 2 aromatic carbocycles. The molecule has 2 heterocycles. The van der Waals surface area contributed by atoms with Crippen LogP contribution in [0.15, 0.2) is 54.2 Å². The van der Waals surface area contributed by atoms with E-state index in [2.05, 4.69) is 5.32 Å². The van der Waals surface area contributed by atoms with E-state index in [9.17, 15) is 14.9 Å². The Morgan fingerprint density at radius 1 is 1.12 bits per heavy atom. The number of aromatic nitrogens is 1. The van der Waals surface area contributed by atoms with Gasteiger partial charge >= 0.3 is 0 Å². The molecule has 168 valence electrons. The van der Waals surface area contributed by atoms with Gasteiger partial charge in [-0.05, 0) is 30.3 Å². The number of hydrogen-bond donors (Lipinski definition) is 1. The Balaban J connectivity index is 1.61. The van der Waals surface area contributed by atoms with Gasteiger partial charge in [0.1, 0.15) is 18.2 Å². The first-order chi connectivity index (χ1) is 16.0. The minimum absolute atomic E-state index is 0.00699. The summed E-state index contributed by atoms with van der Waals surface area (Å²) in [6.07, 6.45) is 3.30. The van der Waals surface area contributed by atoms with Gasteiger partial charge in [0.05, 0.1) is 23.3 Å². The highest BCUT2D eigenvalue weighted by Crippen LogP contribution is 2.26. The number of morpholine rings is 1. The van der Waals surface area contributed by atoms with Gasteiger partial charge in [-0.2, -0.15) is 5.26 Å². The monoisotopic (exact) mass is 482 g/mol. The first-order valence-corrected chi connectivity index (χ1v) is 11.0. The summed E-state index contributed by atoms with van der Waals surface area (Å²) in [5, 5.41) is 13.8. The van der Waals surface area contributed by atoms with Crippen LogP contribution in [0.4, 0.5) is 5.69 Å². The van der Waals surface area contributed by atoms with Crippen molar-refractivity contribution in [1.29, 1.82) is 5.26 Å². The van der Waals surface area contributed by atoms with Crippen LogP contribution in [0.2, 0.25) is 10.0 Å². The molecule has 0 atom stereocenters. The van der Waals surface area contributed by atoms with Crippen LogP contribution < -0.4 is 5.32 Å². The normalized spacial score (nSPS) is 14.2. The molecule has 0 radical (unpaired) electrons. The van der Waals surface area contributed by atoms with E-state index in [0.29, 0.717) is 47.6 Å². The highest BCUT2D eigenvalue weighted by molar-refractivity contribution is 6.42. The van der Waals surface area contributed by atoms with Gasteiger partial charge in [-0.3, -0.25) is 9.59 Å². The van der Waals surface area contributed by atoms with Crippen molar-refractivity contribution in [3.8, 4) is 6.07 Å². The average molecular weight is 483 g/mol. The van der Waals surface area contributed by atoms with Crippen LogP contribution in [0, 0.1) is 11.3 Å². The number of carbonyl (C=O) groups is 2. The van der Waals surface area contributed by atoms with Crippen molar-refractivity contribution in [2.24, 2.45) is 0 Å². The predicted octanol–water partition coefficient (Wildman–Crippen LogP) is 4.35. The van der Waals surface area contributed by atoms with Crippen molar-refractivity contribution >= 4 is 57.7 Å². The molecule has 0 unspecified atom stereocenters. The number of halogens is 2. The number of amides is 2. The third kappa shape index (κ3) is 5.20. The van der Waals surface area contributed by atoms with Crippen molar-refractivity contribution in [2.45, 2.75) is 6.54 Å². The average Bonchev–Trinajstić information content (AvgIpc) is 3.17. The number of fused-ring (bicyclic) bond motifs is 1. The number of nitrogens with one attached hydrogen (secondary N) is 1. The molecule has 9 heteroatoms. The van der Waals surface area contributed by atoms with Crippen LogP contribution in [0.25, 0.3) is 17.0 Å². The van der Waals surface area contributed by atoms with Crippen molar-refractivity contribution in [3.05, 3.63) is 69.8 Å². The van der Waals surface area contributed by atoms with Crippen LogP contribution in [-0.4, -0.2) is 47.6 Å². The molecule has 0 bridgehead atoms. The summed E-state index contributed by atoms with van der Waals surface area (Å²) in [5.74, 6) is -0.579. The smallest absolute Gasteiger partial charge is 0.266 e. The Hall–Kier alpha value is -3.31. The van der Waals surface area contributed by atoms with Crippen molar-refractivity contribution < 1.29 is 14.3 Å². The third-order valence-corrected chi connectivity index (χ3v) is 6.07. The van der Waals surface area contributed by atoms with Crippen molar-refractivity contribution in [3.63, 3.8) is 0 Å². The number of hydrogen-bond acceptors (Lipinski definition) is 4. The minimum atomic E-state index is -0.572. The summed E-state index contributed by atoms with van der Waals surface area (Å²) in [7, 11) is 0. The Morgan fingerprint density at radius 2 is 1.88 bits per heavy atom. The van der Waals surface area contributed by atoms with Gasteiger partial charge < -0.3 is 19.5 Å². The van der Waals surface area contributed by atoms with E-state index in [1.807, 2.05) is 34.9 Å². The zero-order valence-corrected chi connectivity index (χ0v) is 19.1. The Labute approximate surface area is 200 Å².